The molecule has 1 heterocycles. The number of hydrogen-bond acceptors (Lipinski definition) is 7. The third-order valence-electron chi connectivity index (χ3n) is 3.24. The lowest BCUT2D eigenvalue weighted by molar-refractivity contribution is 0.0581. The monoisotopic (exact) mass is 319 g/mol. The highest BCUT2D eigenvalue weighted by Crippen LogP contribution is 2.21. The van der Waals surface area contributed by atoms with E-state index in [-0.39, 0.29) is 23.6 Å². The Hall–Kier alpha value is -3.03. The van der Waals surface area contributed by atoms with Crippen LogP contribution in [0.1, 0.15) is 26.5 Å². The number of anilines is 1. The highest BCUT2D eigenvalue weighted by Gasteiger charge is 2.26. The Bertz CT molecular complexity index is 721. The van der Waals surface area contributed by atoms with E-state index in [0.717, 1.165) is 5.56 Å². The predicted octanol–water partition coefficient (Wildman–Crippen LogP) is 1.10. The zero-order valence-electron chi connectivity index (χ0n) is 13.0. The summed E-state index contributed by atoms with van der Waals surface area (Å²) in [7, 11) is 4.01. The highest BCUT2D eigenvalue weighted by atomic mass is 16.5. The van der Waals surface area contributed by atoms with Crippen LogP contribution >= 0.6 is 0 Å². The molecule has 122 valence electrons. The summed E-state index contributed by atoms with van der Waals surface area (Å²) >= 11 is 0. The molecule has 0 saturated heterocycles. The summed E-state index contributed by atoms with van der Waals surface area (Å²) in [5.41, 5.74) is 6.50. The first-order valence-electron chi connectivity index (χ1n) is 6.67. The van der Waals surface area contributed by atoms with Crippen LogP contribution in [-0.4, -0.2) is 43.0 Å². The molecule has 0 radical (unpaired) electrons. The van der Waals surface area contributed by atoms with E-state index in [1.54, 1.807) is 19.2 Å². The van der Waals surface area contributed by atoms with Gasteiger partial charge in [0.15, 0.2) is 11.4 Å². The maximum Gasteiger partial charge on any atom is 0.360 e. The Kier molecular flexibility index (Phi) is 4.85. The summed E-state index contributed by atoms with van der Waals surface area (Å²) in [6.45, 7) is 0.232. The standard InChI is InChI=1S/C15H17N3O5/c1-21-10-6-4-9(5-7-10)8-18-13(15(20)23-3)11(16)12(17-18)14(19)22-2/h4-7H,8,16H2,1-3H3. The number of rotatable bonds is 5. The molecule has 0 aliphatic carbocycles. The van der Waals surface area contributed by atoms with Crippen LogP contribution in [0, 0.1) is 0 Å². The fraction of sp³-hybridized carbons (Fsp3) is 0.267. The Balaban J connectivity index is 2.42. The zero-order chi connectivity index (χ0) is 17.0. The molecular weight excluding hydrogens is 302 g/mol. The Morgan fingerprint density at radius 2 is 1.70 bits per heavy atom. The largest absolute Gasteiger partial charge is 0.497 e. The van der Waals surface area contributed by atoms with Gasteiger partial charge in [-0.25, -0.2) is 9.59 Å². The summed E-state index contributed by atoms with van der Waals surface area (Å²) in [4.78, 5) is 23.6. The smallest absolute Gasteiger partial charge is 0.360 e. The molecule has 0 atom stereocenters. The zero-order valence-corrected chi connectivity index (χ0v) is 13.0. The number of ether oxygens (including phenoxy) is 3. The van der Waals surface area contributed by atoms with Gasteiger partial charge >= 0.3 is 11.9 Å². The van der Waals surface area contributed by atoms with Crippen molar-refractivity contribution in [3.05, 3.63) is 41.2 Å². The average molecular weight is 319 g/mol. The van der Waals surface area contributed by atoms with Crippen LogP contribution in [0.25, 0.3) is 0 Å². The summed E-state index contributed by atoms with van der Waals surface area (Å²) in [5, 5.41) is 4.07. The SMILES string of the molecule is COC(=O)c1nn(Cc2ccc(OC)cc2)c(C(=O)OC)c1N. The molecular formula is C15H17N3O5. The molecule has 1 aromatic heterocycles. The minimum atomic E-state index is -0.721. The molecule has 0 aliphatic rings. The molecule has 0 fully saturated rings. The Morgan fingerprint density at radius 3 is 2.22 bits per heavy atom. The highest BCUT2D eigenvalue weighted by molar-refractivity contribution is 6.01. The molecule has 8 nitrogen and oxygen atoms in total. The van der Waals surface area contributed by atoms with Crippen molar-refractivity contribution in [1.29, 1.82) is 0 Å². The second-order valence-electron chi connectivity index (χ2n) is 4.60. The number of nitrogen functional groups attached to an aromatic ring is 1. The second kappa shape index (κ2) is 6.82. The van der Waals surface area contributed by atoms with E-state index in [1.807, 2.05) is 12.1 Å². The van der Waals surface area contributed by atoms with E-state index in [2.05, 4.69) is 9.84 Å². The molecule has 0 spiro atoms. The van der Waals surface area contributed by atoms with Gasteiger partial charge in [-0.05, 0) is 17.7 Å². The summed E-state index contributed by atoms with van der Waals surface area (Å²) in [6.07, 6.45) is 0. The van der Waals surface area contributed by atoms with Crippen molar-refractivity contribution in [3.8, 4) is 5.75 Å². The van der Waals surface area contributed by atoms with E-state index in [9.17, 15) is 9.59 Å². The number of nitrogens with two attached hydrogens (primary N) is 1. The van der Waals surface area contributed by atoms with Gasteiger partial charge in [0.05, 0.1) is 27.9 Å². The van der Waals surface area contributed by atoms with Gasteiger partial charge in [-0.3, -0.25) is 4.68 Å². The first-order chi connectivity index (χ1) is 11.0. The molecule has 23 heavy (non-hydrogen) atoms. The number of methoxy groups -OCH3 is 3. The van der Waals surface area contributed by atoms with Crippen molar-refractivity contribution in [1.82, 2.24) is 9.78 Å². The second-order valence-corrected chi connectivity index (χ2v) is 4.60. The molecule has 0 unspecified atom stereocenters. The molecule has 0 saturated carbocycles. The summed E-state index contributed by atoms with van der Waals surface area (Å²) < 4.78 is 15.7. The van der Waals surface area contributed by atoms with Gasteiger partial charge in [-0.15, -0.1) is 0 Å². The maximum absolute atomic E-state index is 11.9. The molecule has 2 rings (SSSR count). The van der Waals surface area contributed by atoms with Crippen molar-refractivity contribution in [3.63, 3.8) is 0 Å². The van der Waals surface area contributed by atoms with Crippen LogP contribution in [0.2, 0.25) is 0 Å². The van der Waals surface area contributed by atoms with E-state index < -0.39 is 11.9 Å². The van der Waals surface area contributed by atoms with E-state index in [1.165, 1.54) is 18.9 Å². The van der Waals surface area contributed by atoms with Gasteiger partial charge in [0.25, 0.3) is 0 Å². The molecule has 8 heteroatoms. The van der Waals surface area contributed by atoms with Crippen LogP contribution in [0.4, 0.5) is 5.69 Å². The fourth-order valence-corrected chi connectivity index (χ4v) is 2.05. The van der Waals surface area contributed by atoms with Crippen LogP contribution in [0.3, 0.4) is 0 Å². The number of nitrogens with zero attached hydrogens (tertiary/aromatic N) is 2. The lowest BCUT2D eigenvalue weighted by Gasteiger charge is -2.07. The number of esters is 2. The van der Waals surface area contributed by atoms with Gasteiger partial charge in [-0.2, -0.15) is 5.10 Å². The maximum atomic E-state index is 11.9. The van der Waals surface area contributed by atoms with Crippen molar-refractivity contribution < 1.29 is 23.8 Å². The van der Waals surface area contributed by atoms with Crippen LogP contribution in [0.5, 0.6) is 5.75 Å². The number of aromatic nitrogens is 2. The number of hydrogen-bond donors (Lipinski definition) is 1. The van der Waals surface area contributed by atoms with Gasteiger partial charge in [-0.1, -0.05) is 12.1 Å². The van der Waals surface area contributed by atoms with Gasteiger partial charge in [0.2, 0.25) is 0 Å². The third-order valence-corrected chi connectivity index (χ3v) is 3.24. The molecule has 2 aromatic rings. The summed E-state index contributed by atoms with van der Waals surface area (Å²) in [6, 6.07) is 7.19. The van der Waals surface area contributed by atoms with Crippen LogP contribution in [0.15, 0.2) is 24.3 Å². The number of carbonyl (C=O) groups excluding carboxylic acids is 2. The molecule has 0 amide bonds. The Morgan fingerprint density at radius 1 is 1.09 bits per heavy atom. The lowest BCUT2D eigenvalue weighted by Crippen LogP contribution is -2.14. The van der Waals surface area contributed by atoms with Crippen molar-refractivity contribution in [2.45, 2.75) is 6.54 Å². The number of carbonyl (C=O) groups is 2. The van der Waals surface area contributed by atoms with Gasteiger partial charge < -0.3 is 19.9 Å². The van der Waals surface area contributed by atoms with Gasteiger partial charge in [0.1, 0.15) is 11.4 Å². The Labute approximate surface area is 132 Å². The molecule has 0 aliphatic heterocycles. The van der Waals surface area contributed by atoms with Crippen LogP contribution < -0.4 is 10.5 Å². The first kappa shape index (κ1) is 16.3. The summed E-state index contributed by atoms with van der Waals surface area (Å²) in [5.74, 6) is -0.697. The van der Waals surface area contributed by atoms with Gasteiger partial charge in [0, 0.05) is 0 Å². The average Bonchev–Trinajstić information content (AvgIpc) is 2.90. The normalized spacial score (nSPS) is 10.2. The predicted molar refractivity (Wildman–Crippen MR) is 81.4 cm³/mol. The van der Waals surface area contributed by atoms with E-state index >= 15 is 0 Å². The first-order valence-corrected chi connectivity index (χ1v) is 6.67. The third kappa shape index (κ3) is 3.25. The quantitative estimate of drug-likeness (QED) is 0.822. The van der Waals surface area contributed by atoms with Crippen LogP contribution in [-0.2, 0) is 16.0 Å². The van der Waals surface area contributed by atoms with Crippen molar-refractivity contribution in [2.24, 2.45) is 0 Å². The number of benzene rings is 1. The van der Waals surface area contributed by atoms with E-state index in [0.29, 0.717) is 5.75 Å². The van der Waals surface area contributed by atoms with Crippen molar-refractivity contribution in [2.75, 3.05) is 27.1 Å². The molecule has 1 aromatic carbocycles. The minimum Gasteiger partial charge on any atom is -0.497 e. The van der Waals surface area contributed by atoms with E-state index in [4.69, 9.17) is 15.2 Å². The fourth-order valence-electron chi connectivity index (χ4n) is 2.05. The molecule has 2 N–H and O–H groups in total. The molecule has 0 bridgehead atoms. The topological polar surface area (TPSA) is 106 Å². The lowest BCUT2D eigenvalue weighted by atomic mass is 10.2. The minimum absolute atomic E-state index is 0.00344. The van der Waals surface area contributed by atoms with Crippen molar-refractivity contribution >= 4 is 17.6 Å².